The lowest BCUT2D eigenvalue weighted by molar-refractivity contribution is 0.0643. The van der Waals surface area contributed by atoms with Crippen LogP contribution >= 0.6 is 0 Å². The van der Waals surface area contributed by atoms with Gasteiger partial charge in [-0.1, -0.05) is 13.0 Å². The van der Waals surface area contributed by atoms with Crippen molar-refractivity contribution in [3.63, 3.8) is 0 Å². The minimum atomic E-state index is -0.301. The normalized spacial score (nSPS) is 15.4. The van der Waals surface area contributed by atoms with E-state index in [2.05, 4.69) is 28.7 Å². The van der Waals surface area contributed by atoms with Crippen LogP contribution in [0.2, 0.25) is 0 Å². The van der Waals surface area contributed by atoms with Gasteiger partial charge in [0.05, 0.1) is 0 Å². The largest absolute Gasteiger partial charge is 0.347 e. The number of amides is 2. The Labute approximate surface area is 130 Å². The van der Waals surface area contributed by atoms with E-state index in [1.165, 1.54) is 6.20 Å². The van der Waals surface area contributed by atoms with Crippen LogP contribution in [0.3, 0.4) is 0 Å². The average molecular weight is 302 g/mol. The van der Waals surface area contributed by atoms with Gasteiger partial charge in [0.15, 0.2) is 0 Å². The van der Waals surface area contributed by atoms with Gasteiger partial charge in [-0.05, 0) is 18.7 Å². The van der Waals surface area contributed by atoms with Gasteiger partial charge in [-0.2, -0.15) is 0 Å². The Morgan fingerprint density at radius 2 is 2.09 bits per heavy atom. The SMILES string of the molecule is C=CCNC(=O)c1cc(C(=O)N2CCN(CC)CC2)ccn1. The molecule has 1 aliphatic rings. The molecule has 2 rings (SSSR count). The number of aromatic nitrogens is 1. The molecule has 0 radical (unpaired) electrons. The highest BCUT2D eigenvalue weighted by Crippen LogP contribution is 2.09. The second-order valence-electron chi connectivity index (χ2n) is 5.15. The predicted molar refractivity (Wildman–Crippen MR) is 84.8 cm³/mol. The van der Waals surface area contributed by atoms with E-state index in [4.69, 9.17) is 0 Å². The molecule has 1 aliphatic heterocycles. The first kappa shape index (κ1) is 16.2. The van der Waals surface area contributed by atoms with Crippen molar-refractivity contribution in [2.75, 3.05) is 39.3 Å². The van der Waals surface area contributed by atoms with Crippen LogP contribution in [-0.2, 0) is 0 Å². The molecule has 6 heteroatoms. The lowest BCUT2D eigenvalue weighted by atomic mass is 10.1. The highest BCUT2D eigenvalue weighted by atomic mass is 16.2. The van der Waals surface area contributed by atoms with Crippen LogP contribution in [0.1, 0.15) is 27.8 Å². The van der Waals surface area contributed by atoms with Crippen LogP contribution in [-0.4, -0.2) is 65.9 Å². The maximum Gasteiger partial charge on any atom is 0.270 e. The Kier molecular flexibility index (Phi) is 5.66. The first-order valence-corrected chi connectivity index (χ1v) is 7.52. The van der Waals surface area contributed by atoms with E-state index in [0.717, 1.165) is 19.6 Å². The zero-order valence-electron chi connectivity index (χ0n) is 12.9. The number of rotatable bonds is 5. The van der Waals surface area contributed by atoms with Crippen LogP contribution in [0.4, 0.5) is 0 Å². The maximum atomic E-state index is 12.5. The molecule has 0 unspecified atom stereocenters. The van der Waals surface area contributed by atoms with E-state index >= 15 is 0 Å². The van der Waals surface area contributed by atoms with Crippen LogP contribution < -0.4 is 5.32 Å². The Morgan fingerprint density at radius 1 is 1.36 bits per heavy atom. The van der Waals surface area contributed by atoms with Crippen molar-refractivity contribution in [1.29, 1.82) is 0 Å². The molecule has 1 fully saturated rings. The standard InChI is InChI=1S/C16H22N4O2/c1-3-6-18-15(21)14-12-13(5-7-17-14)16(22)20-10-8-19(4-2)9-11-20/h3,5,7,12H,1,4,6,8-11H2,2H3,(H,18,21). The fourth-order valence-electron chi connectivity index (χ4n) is 2.39. The topological polar surface area (TPSA) is 65.5 Å². The minimum absolute atomic E-state index is 0.0454. The summed E-state index contributed by atoms with van der Waals surface area (Å²) in [7, 11) is 0. The van der Waals surface area contributed by atoms with Gasteiger partial charge in [0.25, 0.3) is 11.8 Å². The number of carbonyl (C=O) groups excluding carboxylic acids is 2. The second-order valence-corrected chi connectivity index (χ2v) is 5.15. The summed E-state index contributed by atoms with van der Waals surface area (Å²) in [6, 6.07) is 3.20. The highest BCUT2D eigenvalue weighted by Gasteiger charge is 2.22. The fraction of sp³-hybridized carbons (Fsp3) is 0.438. The zero-order chi connectivity index (χ0) is 15.9. The molecular weight excluding hydrogens is 280 g/mol. The molecule has 2 heterocycles. The number of carbonyl (C=O) groups is 2. The van der Waals surface area contributed by atoms with Crippen LogP contribution in [0.5, 0.6) is 0 Å². The third kappa shape index (κ3) is 3.92. The molecule has 1 saturated heterocycles. The number of likely N-dealkylation sites (N-methyl/N-ethyl adjacent to an activating group) is 1. The van der Waals surface area contributed by atoms with E-state index in [9.17, 15) is 9.59 Å². The number of nitrogens with zero attached hydrogens (tertiary/aromatic N) is 3. The molecule has 2 amide bonds. The smallest absolute Gasteiger partial charge is 0.270 e. The molecule has 0 bridgehead atoms. The van der Waals surface area contributed by atoms with Gasteiger partial charge in [-0.25, -0.2) is 0 Å². The Bertz CT molecular complexity index is 551. The third-order valence-corrected chi connectivity index (χ3v) is 3.75. The molecule has 1 aromatic rings. The van der Waals surface area contributed by atoms with Gasteiger partial charge in [-0.15, -0.1) is 6.58 Å². The predicted octanol–water partition coefficient (Wildman–Crippen LogP) is 0.775. The number of nitrogens with one attached hydrogen (secondary N) is 1. The van der Waals surface area contributed by atoms with Crippen molar-refractivity contribution in [2.45, 2.75) is 6.92 Å². The molecule has 0 aliphatic carbocycles. The van der Waals surface area contributed by atoms with Crippen LogP contribution in [0.25, 0.3) is 0 Å². The van der Waals surface area contributed by atoms with Crippen molar-refractivity contribution in [3.8, 4) is 0 Å². The molecule has 0 aromatic carbocycles. The highest BCUT2D eigenvalue weighted by molar-refractivity contribution is 5.98. The summed E-state index contributed by atoms with van der Waals surface area (Å²) in [5, 5.41) is 2.66. The van der Waals surface area contributed by atoms with Crippen molar-refractivity contribution >= 4 is 11.8 Å². The van der Waals surface area contributed by atoms with Gasteiger partial charge in [-0.3, -0.25) is 14.6 Å². The summed E-state index contributed by atoms with van der Waals surface area (Å²) < 4.78 is 0. The third-order valence-electron chi connectivity index (χ3n) is 3.75. The summed E-state index contributed by atoms with van der Waals surface area (Å²) in [4.78, 5) is 32.6. The van der Waals surface area contributed by atoms with E-state index in [0.29, 0.717) is 25.2 Å². The molecule has 1 N–H and O–H groups in total. The Hall–Kier alpha value is -2.21. The lowest BCUT2D eigenvalue weighted by Crippen LogP contribution is -2.48. The number of piperazine rings is 1. The van der Waals surface area contributed by atoms with Gasteiger partial charge < -0.3 is 15.1 Å². The van der Waals surface area contributed by atoms with E-state index in [1.807, 2.05) is 4.90 Å². The monoisotopic (exact) mass is 302 g/mol. The van der Waals surface area contributed by atoms with E-state index in [-0.39, 0.29) is 17.5 Å². The number of hydrogen-bond acceptors (Lipinski definition) is 4. The van der Waals surface area contributed by atoms with Crippen molar-refractivity contribution < 1.29 is 9.59 Å². The minimum Gasteiger partial charge on any atom is -0.347 e. The summed E-state index contributed by atoms with van der Waals surface area (Å²) in [5.74, 6) is -0.346. The first-order valence-electron chi connectivity index (χ1n) is 7.52. The van der Waals surface area contributed by atoms with Crippen molar-refractivity contribution in [1.82, 2.24) is 20.1 Å². The summed E-state index contributed by atoms with van der Waals surface area (Å²) in [6.07, 6.45) is 3.10. The first-order chi connectivity index (χ1) is 10.7. The van der Waals surface area contributed by atoms with Gasteiger partial charge in [0.2, 0.25) is 0 Å². The molecule has 118 valence electrons. The molecule has 22 heavy (non-hydrogen) atoms. The number of hydrogen-bond donors (Lipinski definition) is 1. The van der Waals surface area contributed by atoms with Crippen molar-refractivity contribution in [2.24, 2.45) is 0 Å². The average Bonchev–Trinajstić information content (AvgIpc) is 2.59. The Morgan fingerprint density at radius 3 is 2.73 bits per heavy atom. The summed E-state index contributed by atoms with van der Waals surface area (Å²) in [6.45, 7) is 10.3. The van der Waals surface area contributed by atoms with Gasteiger partial charge >= 0.3 is 0 Å². The lowest BCUT2D eigenvalue weighted by Gasteiger charge is -2.34. The van der Waals surface area contributed by atoms with E-state index < -0.39 is 0 Å². The number of pyridine rings is 1. The van der Waals surface area contributed by atoms with Gasteiger partial charge in [0.1, 0.15) is 5.69 Å². The molecule has 0 atom stereocenters. The quantitative estimate of drug-likeness (QED) is 0.816. The molecule has 0 saturated carbocycles. The summed E-state index contributed by atoms with van der Waals surface area (Å²) >= 11 is 0. The fourth-order valence-corrected chi connectivity index (χ4v) is 2.39. The second kappa shape index (κ2) is 7.70. The molecule has 1 aromatic heterocycles. The summed E-state index contributed by atoms with van der Waals surface area (Å²) in [5.41, 5.74) is 0.753. The molecular formula is C16H22N4O2. The van der Waals surface area contributed by atoms with Crippen molar-refractivity contribution in [3.05, 3.63) is 42.2 Å². The maximum absolute atomic E-state index is 12.5. The van der Waals surface area contributed by atoms with Crippen LogP contribution in [0.15, 0.2) is 31.0 Å². The molecule has 0 spiro atoms. The van der Waals surface area contributed by atoms with Crippen LogP contribution in [0, 0.1) is 0 Å². The zero-order valence-corrected chi connectivity index (χ0v) is 12.9. The van der Waals surface area contributed by atoms with Gasteiger partial charge in [0, 0.05) is 44.5 Å². The Balaban J connectivity index is 2.04. The molecule has 6 nitrogen and oxygen atoms in total. The van der Waals surface area contributed by atoms with E-state index in [1.54, 1.807) is 18.2 Å².